The fraction of sp³-hybridized carbons (Fsp3) is 0.806. The normalized spacial score (nSPS) is 26.3. The van der Waals surface area contributed by atoms with Crippen LogP contribution in [0.15, 0.2) is 24.3 Å². The van der Waals surface area contributed by atoms with Crippen LogP contribution in [-0.2, 0) is 11.2 Å². The van der Waals surface area contributed by atoms with Gasteiger partial charge in [0, 0.05) is 6.61 Å². The number of benzene rings is 1. The molecule has 1 heteroatoms. The summed E-state index contributed by atoms with van der Waals surface area (Å²) in [7, 11) is 0. The highest BCUT2D eigenvalue weighted by atomic mass is 16.5. The van der Waals surface area contributed by atoms with E-state index in [9.17, 15) is 0 Å². The first-order chi connectivity index (χ1) is 15.8. The van der Waals surface area contributed by atoms with E-state index in [1.54, 1.807) is 5.56 Å². The Bertz CT molecular complexity index is 575. The van der Waals surface area contributed by atoms with Gasteiger partial charge < -0.3 is 4.74 Å². The average molecular weight is 441 g/mol. The zero-order chi connectivity index (χ0) is 22.4. The van der Waals surface area contributed by atoms with Gasteiger partial charge in [0.2, 0.25) is 0 Å². The topological polar surface area (TPSA) is 9.23 Å². The Morgan fingerprint density at radius 1 is 0.656 bits per heavy atom. The Morgan fingerprint density at radius 3 is 1.97 bits per heavy atom. The monoisotopic (exact) mass is 440 g/mol. The number of unbranched alkanes of at least 4 members (excludes halogenated alkanes) is 4. The van der Waals surface area contributed by atoms with Crippen molar-refractivity contribution in [3.8, 4) is 0 Å². The summed E-state index contributed by atoms with van der Waals surface area (Å²) in [4.78, 5) is 0. The van der Waals surface area contributed by atoms with Crippen molar-refractivity contribution in [1.82, 2.24) is 0 Å². The first-order valence-electron chi connectivity index (χ1n) is 14.5. The summed E-state index contributed by atoms with van der Waals surface area (Å²) in [6.45, 7) is 5.62. The van der Waals surface area contributed by atoms with Crippen LogP contribution in [0.4, 0.5) is 0 Å². The van der Waals surface area contributed by atoms with Crippen LogP contribution in [0.5, 0.6) is 0 Å². The van der Waals surface area contributed by atoms with Gasteiger partial charge in [0.1, 0.15) is 0 Å². The fourth-order valence-corrected chi connectivity index (χ4v) is 6.29. The van der Waals surface area contributed by atoms with Crippen LogP contribution in [0, 0.1) is 11.8 Å². The molecule has 182 valence electrons. The van der Waals surface area contributed by atoms with Gasteiger partial charge in [0.15, 0.2) is 0 Å². The molecule has 0 heterocycles. The van der Waals surface area contributed by atoms with Crippen molar-refractivity contribution in [2.45, 2.75) is 141 Å². The third-order valence-corrected chi connectivity index (χ3v) is 8.47. The number of rotatable bonds is 14. The van der Waals surface area contributed by atoms with Crippen LogP contribution in [0.25, 0.3) is 0 Å². The zero-order valence-corrected chi connectivity index (χ0v) is 21.5. The van der Waals surface area contributed by atoms with Gasteiger partial charge in [-0.1, -0.05) is 102 Å². The highest BCUT2D eigenvalue weighted by Gasteiger charge is 2.23. The number of hydrogen-bond acceptors (Lipinski definition) is 1. The smallest absolute Gasteiger partial charge is 0.0575 e. The van der Waals surface area contributed by atoms with E-state index in [1.807, 2.05) is 0 Å². The Balaban J connectivity index is 1.24. The summed E-state index contributed by atoms with van der Waals surface area (Å²) in [5.41, 5.74) is 3.10. The molecule has 0 amide bonds. The fourth-order valence-electron chi connectivity index (χ4n) is 6.29. The molecule has 1 nitrogen and oxygen atoms in total. The minimum Gasteiger partial charge on any atom is -0.378 e. The van der Waals surface area contributed by atoms with E-state index < -0.39 is 0 Å². The van der Waals surface area contributed by atoms with Crippen LogP contribution in [-0.4, -0.2) is 12.7 Å². The molecular weight excluding hydrogens is 388 g/mol. The van der Waals surface area contributed by atoms with Gasteiger partial charge in [0.05, 0.1) is 6.10 Å². The summed E-state index contributed by atoms with van der Waals surface area (Å²) in [5, 5.41) is 0. The summed E-state index contributed by atoms with van der Waals surface area (Å²) in [6, 6.07) is 9.63. The minimum atomic E-state index is 0.522. The summed E-state index contributed by atoms with van der Waals surface area (Å²) < 4.78 is 6.31. The molecule has 2 saturated carbocycles. The molecule has 2 fully saturated rings. The van der Waals surface area contributed by atoms with E-state index in [-0.39, 0.29) is 0 Å². The number of aryl methyl sites for hydroxylation is 1. The van der Waals surface area contributed by atoms with Crippen LogP contribution >= 0.6 is 0 Å². The lowest BCUT2D eigenvalue weighted by molar-refractivity contribution is 0.0204. The minimum absolute atomic E-state index is 0.522. The first-order valence-corrected chi connectivity index (χ1v) is 14.5. The van der Waals surface area contributed by atoms with Crippen LogP contribution in [0.1, 0.15) is 140 Å². The van der Waals surface area contributed by atoms with E-state index in [1.165, 1.54) is 121 Å². The van der Waals surface area contributed by atoms with Gasteiger partial charge in [-0.25, -0.2) is 0 Å². The first kappa shape index (κ1) is 25.8. The Morgan fingerprint density at radius 2 is 1.31 bits per heavy atom. The lowest BCUT2D eigenvalue weighted by atomic mass is 9.78. The maximum atomic E-state index is 6.31. The second-order valence-corrected chi connectivity index (χ2v) is 11.1. The molecule has 0 aliphatic heterocycles. The lowest BCUT2D eigenvalue weighted by Crippen LogP contribution is -2.21. The molecule has 0 bridgehead atoms. The predicted octanol–water partition coefficient (Wildman–Crippen LogP) is 9.63. The molecule has 2 aliphatic carbocycles. The molecule has 2 aliphatic rings. The Kier molecular flexibility index (Phi) is 12.2. The second-order valence-electron chi connectivity index (χ2n) is 11.1. The predicted molar refractivity (Wildman–Crippen MR) is 139 cm³/mol. The van der Waals surface area contributed by atoms with Gasteiger partial charge in [-0.3, -0.25) is 0 Å². The van der Waals surface area contributed by atoms with Gasteiger partial charge in [-0.15, -0.1) is 0 Å². The van der Waals surface area contributed by atoms with Crippen molar-refractivity contribution in [2.24, 2.45) is 11.8 Å². The Hall–Kier alpha value is -0.820. The van der Waals surface area contributed by atoms with Gasteiger partial charge >= 0.3 is 0 Å². The van der Waals surface area contributed by atoms with Crippen LogP contribution in [0.3, 0.4) is 0 Å². The molecule has 0 aromatic heterocycles. The van der Waals surface area contributed by atoms with Crippen molar-refractivity contribution in [1.29, 1.82) is 0 Å². The van der Waals surface area contributed by atoms with Crippen LogP contribution in [0.2, 0.25) is 0 Å². The van der Waals surface area contributed by atoms with E-state index in [0.717, 1.165) is 24.4 Å². The van der Waals surface area contributed by atoms with Crippen LogP contribution < -0.4 is 0 Å². The standard InChI is InChI=1S/C31H52O/c1-3-5-6-7-8-11-27-17-19-29(20-18-27)30-21-23-31(24-22-30)32-25-9-12-28-15-13-26(10-4-2)14-16-28/h17-20,26,28,30-31H,3-16,21-25H2,1-2H3. The van der Waals surface area contributed by atoms with Crippen molar-refractivity contribution in [2.75, 3.05) is 6.61 Å². The Labute approximate surface area is 200 Å². The molecule has 32 heavy (non-hydrogen) atoms. The van der Waals surface area contributed by atoms with Crippen molar-refractivity contribution in [3.63, 3.8) is 0 Å². The molecule has 0 N–H and O–H groups in total. The third kappa shape index (κ3) is 9.20. The molecule has 1 aromatic rings. The van der Waals surface area contributed by atoms with E-state index in [4.69, 9.17) is 4.74 Å². The van der Waals surface area contributed by atoms with E-state index in [2.05, 4.69) is 38.1 Å². The number of hydrogen-bond donors (Lipinski definition) is 0. The molecular formula is C31H52O. The van der Waals surface area contributed by atoms with Gasteiger partial charge in [0.25, 0.3) is 0 Å². The van der Waals surface area contributed by atoms with Crippen molar-refractivity contribution < 1.29 is 4.74 Å². The molecule has 0 radical (unpaired) electrons. The molecule has 0 spiro atoms. The number of ether oxygens (including phenoxy) is 1. The maximum absolute atomic E-state index is 6.31. The molecule has 1 aromatic carbocycles. The molecule has 0 unspecified atom stereocenters. The highest BCUT2D eigenvalue weighted by molar-refractivity contribution is 5.26. The quantitative estimate of drug-likeness (QED) is 0.262. The largest absolute Gasteiger partial charge is 0.378 e. The molecule has 0 saturated heterocycles. The van der Waals surface area contributed by atoms with E-state index in [0.29, 0.717) is 6.10 Å². The highest BCUT2D eigenvalue weighted by Crippen LogP contribution is 2.35. The summed E-state index contributed by atoms with van der Waals surface area (Å²) >= 11 is 0. The third-order valence-electron chi connectivity index (χ3n) is 8.47. The van der Waals surface area contributed by atoms with E-state index >= 15 is 0 Å². The molecule has 3 rings (SSSR count). The second kappa shape index (κ2) is 15.2. The lowest BCUT2D eigenvalue weighted by Gasteiger charge is -2.30. The van der Waals surface area contributed by atoms with Gasteiger partial charge in [-0.2, -0.15) is 0 Å². The maximum Gasteiger partial charge on any atom is 0.0575 e. The SMILES string of the molecule is CCCCCCCc1ccc(C2CCC(OCCCC3CCC(CCC)CC3)CC2)cc1. The van der Waals surface area contributed by atoms with Gasteiger partial charge in [-0.05, 0) is 80.2 Å². The summed E-state index contributed by atoms with van der Waals surface area (Å²) in [5.74, 6) is 2.78. The summed E-state index contributed by atoms with van der Waals surface area (Å²) in [6.07, 6.45) is 25.2. The van der Waals surface area contributed by atoms with Crippen molar-refractivity contribution >= 4 is 0 Å². The van der Waals surface area contributed by atoms with Crippen molar-refractivity contribution in [3.05, 3.63) is 35.4 Å². The zero-order valence-electron chi connectivity index (χ0n) is 21.5. The average Bonchev–Trinajstić information content (AvgIpc) is 2.84. The molecule has 0 atom stereocenters.